The number of amides is 1. The zero-order valence-corrected chi connectivity index (χ0v) is 10.6. The van der Waals surface area contributed by atoms with Crippen molar-refractivity contribution in [2.75, 3.05) is 13.1 Å². The minimum atomic E-state index is -1.01. The number of nitrogens with zero attached hydrogens (tertiary/aromatic N) is 4. The molecule has 3 rings (SSSR count). The van der Waals surface area contributed by atoms with Crippen molar-refractivity contribution in [1.29, 1.82) is 0 Å². The number of pyridine rings is 1. The third-order valence-corrected chi connectivity index (χ3v) is 3.16. The van der Waals surface area contributed by atoms with Gasteiger partial charge in [-0.1, -0.05) is 0 Å². The highest BCUT2D eigenvalue weighted by Gasteiger charge is 2.28. The number of fused-ring (bicyclic) bond motifs is 1. The Balaban J connectivity index is 1.92. The van der Waals surface area contributed by atoms with Crippen LogP contribution >= 0.6 is 0 Å². The quantitative estimate of drug-likeness (QED) is 0.871. The first-order valence-electron chi connectivity index (χ1n) is 6.15. The smallest absolute Gasteiger partial charge is 0.323 e. The van der Waals surface area contributed by atoms with Crippen LogP contribution in [0.5, 0.6) is 0 Å². The first kappa shape index (κ1) is 12.3. The predicted molar refractivity (Wildman–Crippen MR) is 68.6 cm³/mol. The maximum Gasteiger partial charge on any atom is 0.323 e. The molecule has 7 heteroatoms. The van der Waals surface area contributed by atoms with Crippen LogP contribution in [0.4, 0.5) is 0 Å². The highest BCUT2D eigenvalue weighted by atomic mass is 16.4. The van der Waals surface area contributed by atoms with Crippen molar-refractivity contribution in [3.8, 4) is 5.69 Å². The summed E-state index contributed by atoms with van der Waals surface area (Å²) in [6, 6.07) is 3.62. The minimum absolute atomic E-state index is 0.281. The average Bonchev–Trinajstić information content (AvgIpc) is 2.87. The molecule has 0 spiro atoms. The summed E-state index contributed by atoms with van der Waals surface area (Å²) in [6.45, 7) is 0.0958. The number of carbonyl (C=O) groups excluding carboxylic acids is 1. The van der Waals surface area contributed by atoms with Gasteiger partial charge < -0.3 is 10.0 Å². The topological polar surface area (TPSA) is 88.3 Å². The molecule has 0 radical (unpaired) electrons. The second-order valence-electron chi connectivity index (χ2n) is 4.52. The Labute approximate surface area is 114 Å². The zero-order chi connectivity index (χ0) is 14.1. The van der Waals surface area contributed by atoms with E-state index in [9.17, 15) is 9.59 Å². The van der Waals surface area contributed by atoms with E-state index in [-0.39, 0.29) is 12.5 Å². The van der Waals surface area contributed by atoms with Crippen LogP contribution in [0.3, 0.4) is 0 Å². The molecule has 1 aliphatic heterocycles. The summed E-state index contributed by atoms with van der Waals surface area (Å²) >= 11 is 0. The molecule has 2 aromatic rings. The van der Waals surface area contributed by atoms with Gasteiger partial charge in [0.15, 0.2) is 0 Å². The fourth-order valence-electron chi connectivity index (χ4n) is 2.22. The van der Waals surface area contributed by atoms with Crippen molar-refractivity contribution in [3.05, 3.63) is 42.0 Å². The number of carbonyl (C=O) groups is 2. The van der Waals surface area contributed by atoms with Gasteiger partial charge in [-0.25, -0.2) is 4.68 Å². The van der Waals surface area contributed by atoms with Gasteiger partial charge in [0.05, 0.1) is 23.1 Å². The lowest BCUT2D eigenvalue weighted by Gasteiger charge is -2.23. The summed E-state index contributed by atoms with van der Waals surface area (Å²) in [5.41, 5.74) is 1.92. The first-order chi connectivity index (χ1) is 9.65. The fraction of sp³-hybridized carbons (Fsp3) is 0.231. The summed E-state index contributed by atoms with van der Waals surface area (Å²) in [5, 5.41) is 13.2. The van der Waals surface area contributed by atoms with Crippen molar-refractivity contribution in [2.24, 2.45) is 0 Å². The lowest BCUT2D eigenvalue weighted by atomic mass is 10.1. The molecule has 0 unspecified atom stereocenters. The fourth-order valence-corrected chi connectivity index (χ4v) is 2.22. The Bertz CT molecular complexity index is 666. The van der Waals surface area contributed by atoms with Crippen LogP contribution in [0.1, 0.15) is 16.1 Å². The van der Waals surface area contributed by atoms with Crippen LogP contribution in [0, 0.1) is 0 Å². The molecule has 0 fully saturated rings. The summed E-state index contributed by atoms with van der Waals surface area (Å²) in [5.74, 6) is -1.30. The molecule has 1 amide bonds. The molecule has 0 atom stereocenters. The van der Waals surface area contributed by atoms with Crippen molar-refractivity contribution in [2.45, 2.75) is 6.42 Å². The maximum atomic E-state index is 12.2. The molecule has 7 nitrogen and oxygen atoms in total. The summed E-state index contributed by atoms with van der Waals surface area (Å²) in [7, 11) is 0. The van der Waals surface area contributed by atoms with E-state index in [0.29, 0.717) is 24.2 Å². The second kappa shape index (κ2) is 4.76. The van der Waals surface area contributed by atoms with Gasteiger partial charge in [-0.3, -0.25) is 14.6 Å². The monoisotopic (exact) mass is 272 g/mol. The van der Waals surface area contributed by atoms with E-state index in [1.54, 1.807) is 29.3 Å². The normalized spacial score (nSPS) is 14.2. The van der Waals surface area contributed by atoms with Gasteiger partial charge >= 0.3 is 5.97 Å². The van der Waals surface area contributed by atoms with Gasteiger partial charge in [0.25, 0.3) is 5.91 Å². The Morgan fingerprint density at radius 2 is 2.30 bits per heavy atom. The summed E-state index contributed by atoms with van der Waals surface area (Å²) < 4.78 is 1.60. The molecular formula is C13H12N4O3. The number of aliphatic carboxylic acids is 1. The third kappa shape index (κ3) is 2.13. The number of aromatic nitrogens is 3. The summed E-state index contributed by atoms with van der Waals surface area (Å²) in [4.78, 5) is 28.2. The van der Waals surface area contributed by atoms with E-state index in [0.717, 1.165) is 5.69 Å². The van der Waals surface area contributed by atoms with E-state index < -0.39 is 5.97 Å². The SMILES string of the molecule is O=C(O)CN1CCc2nn(-c3cccnc3)cc2C1=O. The molecule has 3 heterocycles. The lowest BCUT2D eigenvalue weighted by molar-refractivity contribution is -0.137. The van der Waals surface area contributed by atoms with E-state index in [1.165, 1.54) is 4.90 Å². The number of hydrogen-bond donors (Lipinski definition) is 1. The van der Waals surface area contributed by atoms with Crippen LogP contribution in [0.25, 0.3) is 5.69 Å². The van der Waals surface area contributed by atoms with Crippen molar-refractivity contribution < 1.29 is 14.7 Å². The van der Waals surface area contributed by atoms with E-state index in [2.05, 4.69) is 10.1 Å². The van der Waals surface area contributed by atoms with Crippen LogP contribution in [0.15, 0.2) is 30.7 Å². The van der Waals surface area contributed by atoms with Gasteiger partial charge in [-0.05, 0) is 12.1 Å². The minimum Gasteiger partial charge on any atom is -0.480 e. The van der Waals surface area contributed by atoms with Crippen molar-refractivity contribution in [1.82, 2.24) is 19.7 Å². The van der Waals surface area contributed by atoms with Crippen molar-refractivity contribution in [3.63, 3.8) is 0 Å². The third-order valence-electron chi connectivity index (χ3n) is 3.16. The van der Waals surface area contributed by atoms with Gasteiger partial charge in [-0.2, -0.15) is 5.10 Å². The number of carboxylic acids is 1. The number of carboxylic acid groups (broad SMARTS) is 1. The Morgan fingerprint density at radius 3 is 3.00 bits per heavy atom. The van der Waals surface area contributed by atoms with Crippen LogP contribution in [0.2, 0.25) is 0 Å². The summed E-state index contributed by atoms with van der Waals surface area (Å²) in [6.07, 6.45) is 5.49. The standard InChI is InChI=1S/C13H12N4O3/c18-12(19)8-16-5-3-11-10(13(16)20)7-17(15-11)9-2-1-4-14-6-9/h1-2,4,6-7H,3,5,8H2,(H,18,19). The number of rotatable bonds is 3. The van der Waals surface area contributed by atoms with Gasteiger partial charge in [0.2, 0.25) is 0 Å². The molecule has 0 saturated heterocycles. The molecule has 2 aromatic heterocycles. The molecule has 20 heavy (non-hydrogen) atoms. The molecule has 102 valence electrons. The van der Waals surface area contributed by atoms with E-state index in [4.69, 9.17) is 5.11 Å². The van der Waals surface area contributed by atoms with Crippen LogP contribution < -0.4 is 0 Å². The van der Waals surface area contributed by atoms with Crippen molar-refractivity contribution >= 4 is 11.9 Å². The zero-order valence-electron chi connectivity index (χ0n) is 10.6. The van der Waals surface area contributed by atoms with Crippen LogP contribution in [-0.2, 0) is 11.2 Å². The van der Waals surface area contributed by atoms with Gasteiger partial charge in [-0.15, -0.1) is 0 Å². The molecule has 1 aliphatic rings. The lowest BCUT2D eigenvalue weighted by Crippen LogP contribution is -2.40. The molecule has 0 bridgehead atoms. The molecule has 1 N–H and O–H groups in total. The van der Waals surface area contributed by atoms with Crippen LogP contribution in [-0.4, -0.2) is 49.7 Å². The molecule has 0 aliphatic carbocycles. The Morgan fingerprint density at radius 1 is 1.45 bits per heavy atom. The highest BCUT2D eigenvalue weighted by Crippen LogP contribution is 2.19. The highest BCUT2D eigenvalue weighted by molar-refractivity contribution is 5.97. The molecule has 0 saturated carbocycles. The molecular weight excluding hydrogens is 260 g/mol. The Hall–Kier alpha value is -2.70. The maximum absolute atomic E-state index is 12.2. The van der Waals surface area contributed by atoms with E-state index >= 15 is 0 Å². The largest absolute Gasteiger partial charge is 0.480 e. The Kier molecular flexibility index (Phi) is 2.94. The first-order valence-corrected chi connectivity index (χ1v) is 6.15. The van der Waals surface area contributed by atoms with E-state index in [1.807, 2.05) is 6.07 Å². The number of hydrogen-bond acceptors (Lipinski definition) is 4. The second-order valence-corrected chi connectivity index (χ2v) is 4.52. The molecule has 0 aromatic carbocycles. The average molecular weight is 272 g/mol. The van der Waals surface area contributed by atoms with Gasteiger partial charge in [0, 0.05) is 25.4 Å². The predicted octanol–water partition coefficient (Wildman–Crippen LogP) is 0.350. The van der Waals surface area contributed by atoms with Gasteiger partial charge in [0.1, 0.15) is 6.54 Å².